The first-order valence-corrected chi connectivity index (χ1v) is 5.39. The molecule has 0 fully saturated rings. The lowest BCUT2D eigenvalue weighted by Crippen LogP contribution is -2.16. The molecule has 1 unspecified atom stereocenters. The summed E-state index contributed by atoms with van der Waals surface area (Å²) in [6.45, 7) is 1.94. The van der Waals surface area contributed by atoms with Gasteiger partial charge in [0.05, 0.1) is 13.2 Å². The first-order valence-electron chi connectivity index (χ1n) is 5.39. The molecule has 0 spiro atoms. The monoisotopic (exact) mass is 229 g/mol. The van der Waals surface area contributed by atoms with Crippen LogP contribution in [0.2, 0.25) is 0 Å². The fourth-order valence-corrected chi connectivity index (χ4v) is 1.63. The lowest BCUT2D eigenvalue weighted by molar-refractivity contribution is 0.407. The van der Waals surface area contributed by atoms with Gasteiger partial charge in [-0.25, -0.2) is 9.97 Å². The number of methoxy groups -OCH3 is 1. The Labute approximate surface area is 100 Å². The van der Waals surface area contributed by atoms with Gasteiger partial charge in [-0.1, -0.05) is 18.2 Å². The van der Waals surface area contributed by atoms with Gasteiger partial charge in [-0.05, 0) is 18.6 Å². The van der Waals surface area contributed by atoms with Crippen molar-refractivity contribution >= 4 is 0 Å². The maximum Gasteiger partial charge on any atom is 0.149 e. The van der Waals surface area contributed by atoms with Crippen molar-refractivity contribution in [1.29, 1.82) is 0 Å². The second kappa shape index (κ2) is 4.93. The van der Waals surface area contributed by atoms with Gasteiger partial charge in [0.2, 0.25) is 0 Å². The van der Waals surface area contributed by atoms with E-state index in [0.29, 0.717) is 5.82 Å². The van der Waals surface area contributed by atoms with Crippen LogP contribution in [0.3, 0.4) is 0 Å². The molecule has 0 radical (unpaired) electrons. The topological polar surface area (TPSA) is 61.0 Å². The molecule has 1 aromatic carbocycles. The molecule has 1 heterocycles. The van der Waals surface area contributed by atoms with Crippen molar-refractivity contribution < 1.29 is 4.74 Å². The minimum atomic E-state index is -0.369. The first-order chi connectivity index (χ1) is 8.22. The number of nitrogens with two attached hydrogens (primary N) is 1. The summed E-state index contributed by atoms with van der Waals surface area (Å²) in [4.78, 5) is 8.48. The first kappa shape index (κ1) is 11.5. The lowest BCUT2D eigenvalue weighted by atomic mass is 10.1. The molecular formula is C13H15N3O. The molecule has 0 amide bonds. The highest BCUT2D eigenvalue weighted by Crippen LogP contribution is 2.25. The number of para-hydroxylation sites is 1. The van der Waals surface area contributed by atoms with Crippen molar-refractivity contribution in [2.24, 2.45) is 5.73 Å². The van der Waals surface area contributed by atoms with Gasteiger partial charge in [0.25, 0.3) is 0 Å². The van der Waals surface area contributed by atoms with Crippen LogP contribution in [0.1, 0.15) is 23.0 Å². The van der Waals surface area contributed by atoms with Gasteiger partial charge in [0.1, 0.15) is 11.6 Å². The van der Waals surface area contributed by atoms with E-state index >= 15 is 0 Å². The molecule has 0 saturated carbocycles. The Morgan fingerprint density at radius 2 is 1.82 bits per heavy atom. The number of benzene rings is 1. The average molecular weight is 229 g/mol. The molecule has 0 bridgehead atoms. The molecule has 2 rings (SSSR count). The summed E-state index contributed by atoms with van der Waals surface area (Å²) in [7, 11) is 1.63. The number of hydrogen-bond acceptors (Lipinski definition) is 4. The quantitative estimate of drug-likeness (QED) is 0.872. The highest BCUT2D eigenvalue weighted by Gasteiger charge is 2.15. The molecular weight excluding hydrogens is 214 g/mol. The molecule has 2 aromatic rings. The summed E-state index contributed by atoms with van der Waals surface area (Å²) < 4.78 is 5.28. The third kappa shape index (κ3) is 2.42. The number of nitrogens with zero attached hydrogens (tertiary/aromatic N) is 2. The van der Waals surface area contributed by atoms with Crippen LogP contribution >= 0.6 is 0 Å². The summed E-state index contributed by atoms with van der Waals surface area (Å²) in [6.07, 6.45) is 3.52. The molecule has 4 heteroatoms. The van der Waals surface area contributed by atoms with Gasteiger partial charge in [-0.2, -0.15) is 0 Å². The zero-order chi connectivity index (χ0) is 12.3. The van der Waals surface area contributed by atoms with E-state index in [1.807, 2.05) is 31.2 Å². The van der Waals surface area contributed by atoms with E-state index in [1.165, 1.54) is 0 Å². The zero-order valence-electron chi connectivity index (χ0n) is 9.92. The van der Waals surface area contributed by atoms with Gasteiger partial charge >= 0.3 is 0 Å². The Kier molecular flexibility index (Phi) is 3.35. The summed E-state index contributed by atoms with van der Waals surface area (Å²) in [5.41, 5.74) is 8.04. The van der Waals surface area contributed by atoms with Gasteiger partial charge in [0.15, 0.2) is 0 Å². The second-order valence-electron chi connectivity index (χ2n) is 3.84. The summed E-state index contributed by atoms with van der Waals surface area (Å²) in [5, 5.41) is 0. The molecule has 0 aliphatic carbocycles. The van der Waals surface area contributed by atoms with Crippen LogP contribution < -0.4 is 10.5 Å². The van der Waals surface area contributed by atoms with E-state index in [4.69, 9.17) is 10.5 Å². The van der Waals surface area contributed by atoms with Crippen LogP contribution in [0.25, 0.3) is 0 Å². The number of hydrogen-bond donors (Lipinski definition) is 1. The van der Waals surface area contributed by atoms with Crippen molar-refractivity contribution in [3.63, 3.8) is 0 Å². The minimum Gasteiger partial charge on any atom is -0.496 e. The Morgan fingerprint density at radius 1 is 1.18 bits per heavy atom. The smallest absolute Gasteiger partial charge is 0.149 e. The maximum atomic E-state index is 6.14. The van der Waals surface area contributed by atoms with Gasteiger partial charge in [-0.15, -0.1) is 0 Å². The van der Waals surface area contributed by atoms with Crippen molar-refractivity contribution in [2.45, 2.75) is 13.0 Å². The third-order valence-electron chi connectivity index (χ3n) is 2.55. The Hall–Kier alpha value is -1.94. The fraction of sp³-hybridized carbons (Fsp3) is 0.231. The SMILES string of the molecule is COc1ccccc1C(N)c1ncc(C)cn1. The van der Waals surface area contributed by atoms with Gasteiger partial charge in [-0.3, -0.25) is 0 Å². The predicted octanol–water partition coefficient (Wildman–Crippen LogP) is 1.84. The predicted molar refractivity (Wildman–Crippen MR) is 65.8 cm³/mol. The summed E-state index contributed by atoms with van der Waals surface area (Å²) in [6, 6.07) is 7.26. The summed E-state index contributed by atoms with van der Waals surface area (Å²) in [5.74, 6) is 1.35. The van der Waals surface area contributed by atoms with E-state index in [0.717, 1.165) is 16.9 Å². The van der Waals surface area contributed by atoms with Gasteiger partial charge in [0, 0.05) is 18.0 Å². The van der Waals surface area contributed by atoms with Crippen molar-refractivity contribution in [3.8, 4) is 5.75 Å². The molecule has 0 saturated heterocycles. The van der Waals surface area contributed by atoms with Crippen molar-refractivity contribution in [2.75, 3.05) is 7.11 Å². The van der Waals surface area contributed by atoms with Crippen LogP contribution in [0.4, 0.5) is 0 Å². The van der Waals surface area contributed by atoms with Crippen LogP contribution in [0.5, 0.6) is 5.75 Å². The zero-order valence-corrected chi connectivity index (χ0v) is 9.92. The molecule has 1 aromatic heterocycles. The summed E-state index contributed by atoms with van der Waals surface area (Å²) >= 11 is 0. The molecule has 17 heavy (non-hydrogen) atoms. The van der Waals surface area contributed by atoms with E-state index < -0.39 is 0 Å². The fourth-order valence-electron chi connectivity index (χ4n) is 1.63. The third-order valence-corrected chi connectivity index (χ3v) is 2.55. The number of aromatic nitrogens is 2. The van der Waals surface area contributed by atoms with E-state index in [2.05, 4.69) is 9.97 Å². The normalized spacial score (nSPS) is 12.2. The molecule has 4 nitrogen and oxygen atoms in total. The minimum absolute atomic E-state index is 0.369. The maximum absolute atomic E-state index is 6.14. The number of aryl methyl sites for hydroxylation is 1. The van der Waals surface area contributed by atoms with E-state index in [-0.39, 0.29) is 6.04 Å². The average Bonchev–Trinajstić information content (AvgIpc) is 2.39. The molecule has 1 atom stereocenters. The Balaban J connectivity index is 2.36. The molecule has 88 valence electrons. The number of rotatable bonds is 3. The van der Waals surface area contributed by atoms with Gasteiger partial charge < -0.3 is 10.5 Å². The lowest BCUT2D eigenvalue weighted by Gasteiger charge is -2.14. The van der Waals surface area contributed by atoms with Crippen LogP contribution in [0, 0.1) is 6.92 Å². The molecule has 2 N–H and O–H groups in total. The highest BCUT2D eigenvalue weighted by atomic mass is 16.5. The highest BCUT2D eigenvalue weighted by molar-refractivity contribution is 5.38. The van der Waals surface area contributed by atoms with Crippen molar-refractivity contribution in [1.82, 2.24) is 9.97 Å². The van der Waals surface area contributed by atoms with E-state index in [1.54, 1.807) is 19.5 Å². The van der Waals surface area contributed by atoms with Crippen LogP contribution in [0.15, 0.2) is 36.7 Å². The largest absolute Gasteiger partial charge is 0.496 e. The van der Waals surface area contributed by atoms with E-state index in [9.17, 15) is 0 Å². The Morgan fingerprint density at radius 3 is 2.47 bits per heavy atom. The van der Waals surface area contributed by atoms with Crippen LogP contribution in [-0.4, -0.2) is 17.1 Å². The molecule has 0 aliphatic heterocycles. The molecule has 0 aliphatic rings. The van der Waals surface area contributed by atoms with Crippen molar-refractivity contribution in [3.05, 3.63) is 53.6 Å². The second-order valence-corrected chi connectivity index (χ2v) is 3.84. The number of ether oxygens (including phenoxy) is 1. The van der Waals surface area contributed by atoms with Crippen LogP contribution in [-0.2, 0) is 0 Å². The standard InChI is InChI=1S/C13H15N3O/c1-9-7-15-13(16-8-9)12(14)10-5-3-4-6-11(10)17-2/h3-8,12H,14H2,1-2H3. The Bertz CT molecular complexity index is 496.